The van der Waals surface area contributed by atoms with E-state index in [0.29, 0.717) is 11.0 Å². The minimum absolute atomic E-state index is 0.420. The van der Waals surface area contributed by atoms with Crippen LogP contribution in [0, 0.1) is 17.3 Å². The molecule has 1 unspecified atom stereocenters. The van der Waals surface area contributed by atoms with Crippen molar-refractivity contribution in [1.29, 1.82) is 0 Å². The largest absolute Gasteiger partial charge is 0.293 e. The first-order chi connectivity index (χ1) is 6.93. The van der Waals surface area contributed by atoms with Crippen molar-refractivity contribution in [2.24, 2.45) is 17.3 Å². The number of nitrogens with zero attached hydrogens (tertiary/aromatic N) is 1. The van der Waals surface area contributed by atoms with Crippen molar-refractivity contribution >= 4 is 0 Å². The smallest absolute Gasteiger partial charge is 0.0454 e. The van der Waals surface area contributed by atoms with Gasteiger partial charge in [0.1, 0.15) is 0 Å². The van der Waals surface area contributed by atoms with Crippen LogP contribution in [-0.2, 0) is 0 Å². The Bertz CT molecular complexity index is 312. The highest BCUT2D eigenvalue weighted by atomic mass is 15.3. The third kappa shape index (κ3) is 1.25. The lowest BCUT2D eigenvalue weighted by Gasteiger charge is -2.41. The van der Waals surface area contributed by atoms with E-state index in [0.717, 1.165) is 11.8 Å². The highest BCUT2D eigenvalue weighted by Gasteiger charge is 2.65. The Hall–Kier alpha value is -0.300. The molecule has 0 aromatic carbocycles. The maximum atomic E-state index is 4.39. The number of rotatable bonds is 1. The molecular weight excluding hydrogens is 182 g/mol. The first kappa shape index (κ1) is 9.89. The molecule has 2 heterocycles. The second-order valence-electron chi connectivity index (χ2n) is 7.06. The summed E-state index contributed by atoms with van der Waals surface area (Å²) in [6.45, 7) is 14.2. The van der Waals surface area contributed by atoms with E-state index < -0.39 is 0 Å². The molecule has 1 nitrogen and oxygen atoms in total. The SMILES string of the molecule is C=C1CCN2C[C@H]3C[C@H]3C12CC(C)(C)C. The van der Waals surface area contributed by atoms with E-state index in [1.807, 2.05) is 0 Å². The Morgan fingerprint density at radius 2 is 2.20 bits per heavy atom. The summed E-state index contributed by atoms with van der Waals surface area (Å²) in [5, 5.41) is 0. The lowest BCUT2D eigenvalue weighted by atomic mass is 9.74. The predicted molar refractivity (Wildman–Crippen MR) is 63.7 cm³/mol. The molecule has 0 spiro atoms. The van der Waals surface area contributed by atoms with Crippen LogP contribution >= 0.6 is 0 Å². The zero-order valence-corrected chi connectivity index (χ0v) is 10.3. The summed E-state index contributed by atoms with van der Waals surface area (Å²) < 4.78 is 0. The molecule has 15 heavy (non-hydrogen) atoms. The van der Waals surface area contributed by atoms with Gasteiger partial charge < -0.3 is 0 Å². The number of hydrogen-bond donors (Lipinski definition) is 0. The molecule has 0 aromatic rings. The molecule has 84 valence electrons. The molecule has 1 saturated carbocycles. The standard InChI is InChI=1S/C14H23N/c1-10-5-6-15-8-11-7-12(11)14(10,15)9-13(2,3)4/h11-12H,1,5-9H2,2-4H3/t11-,12-,14?/m1/s1. The van der Waals surface area contributed by atoms with E-state index in [1.54, 1.807) is 5.57 Å². The molecule has 0 bridgehead atoms. The fourth-order valence-electron chi connectivity index (χ4n) is 4.15. The first-order valence-corrected chi connectivity index (χ1v) is 6.37. The van der Waals surface area contributed by atoms with Crippen LogP contribution in [0.1, 0.15) is 40.0 Å². The van der Waals surface area contributed by atoms with Crippen LogP contribution in [0.3, 0.4) is 0 Å². The zero-order valence-electron chi connectivity index (χ0n) is 10.3. The van der Waals surface area contributed by atoms with Crippen molar-refractivity contribution in [3.8, 4) is 0 Å². The summed E-state index contributed by atoms with van der Waals surface area (Å²) >= 11 is 0. The molecule has 0 amide bonds. The molecule has 2 saturated heterocycles. The lowest BCUT2D eigenvalue weighted by Crippen LogP contribution is -2.45. The zero-order chi connectivity index (χ0) is 10.8. The lowest BCUT2D eigenvalue weighted by molar-refractivity contribution is 0.127. The summed E-state index contributed by atoms with van der Waals surface area (Å²) in [5.41, 5.74) is 2.40. The van der Waals surface area contributed by atoms with E-state index in [-0.39, 0.29) is 0 Å². The van der Waals surface area contributed by atoms with Crippen molar-refractivity contribution in [1.82, 2.24) is 4.90 Å². The topological polar surface area (TPSA) is 3.24 Å². The second-order valence-corrected chi connectivity index (χ2v) is 7.06. The fourth-order valence-corrected chi connectivity index (χ4v) is 4.15. The van der Waals surface area contributed by atoms with E-state index in [1.165, 1.54) is 32.4 Å². The van der Waals surface area contributed by atoms with Crippen LogP contribution in [0.2, 0.25) is 0 Å². The average molecular weight is 205 g/mol. The van der Waals surface area contributed by atoms with Crippen LogP contribution < -0.4 is 0 Å². The summed E-state index contributed by atoms with van der Waals surface area (Å²) in [6.07, 6.45) is 4.05. The van der Waals surface area contributed by atoms with Gasteiger partial charge in [-0.25, -0.2) is 0 Å². The van der Waals surface area contributed by atoms with Crippen LogP contribution in [0.25, 0.3) is 0 Å². The molecule has 3 aliphatic rings. The normalized spacial score (nSPS) is 44.3. The number of hydrogen-bond acceptors (Lipinski definition) is 1. The maximum absolute atomic E-state index is 4.39. The third-order valence-electron chi connectivity index (χ3n) is 4.65. The van der Waals surface area contributed by atoms with E-state index >= 15 is 0 Å². The Labute approximate surface area is 93.5 Å². The molecule has 2 aliphatic heterocycles. The molecule has 3 fully saturated rings. The molecule has 3 atom stereocenters. The summed E-state index contributed by atoms with van der Waals surface area (Å²) in [4.78, 5) is 2.75. The monoisotopic (exact) mass is 205 g/mol. The van der Waals surface area contributed by atoms with Crippen molar-refractivity contribution < 1.29 is 0 Å². The van der Waals surface area contributed by atoms with Gasteiger partial charge in [0.05, 0.1) is 0 Å². The van der Waals surface area contributed by atoms with Gasteiger partial charge in [-0.05, 0) is 36.5 Å². The number of piperidine rings is 1. The maximum Gasteiger partial charge on any atom is 0.0454 e. The van der Waals surface area contributed by atoms with Crippen molar-refractivity contribution in [3.63, 3.8) is 0 Å². The molecule has 1 heteroatoms. The van der Waals surface area contributed by atoms with E-state index in [2.05, 4.69) is 32.3 Å². The molecular formula is C14H23N. The van der Waals surface area contributed by atoms with Gasteiger partial charge in [-0.2, -0.15) is 0 Å². The highest BCUT2D eigenvalue weighted by Crippen LogP contribution is 2.63. The quantitative estimate of drug-likeness (QED) is 0.595. The van der Waals surface area contributed by atoms with Gasteiger partial charge in [-0.1, -0.05) is 32.9 Å². The van der Waals surface area contributed by atoms with Crippen LogP contribution in [0.4, 0.5) is 0 Å². The third-order valence-corrected chi connectivity index (χ3v) is 4.65. The van der Waals surface area contributed by atoms with Crippen molar-refractivity contribution in [3.05, 3.63) is 12.2 Å². The molecule has 0 aromatic heterocycles. The van der Waals surface area contributed by atoms with Gasteiger partial charge in [-0.3, -0.25) is 4.90 Å². The Kier molecular flexibility index (Phi) is 1.77. The molecule has 1 aliphatic carbocycles. The van der Waals surface area contributed by atoms with Gasteiger partial charge in [0.25, 0.3) is 0 Å². The summed E-state index contributed by atoms with van der Waals surface area (Å²) in [7, 11) is 0. The predicted octanol–water partition coefficient (Wildman–Crippen LogP) is 3.07. The van der Waals surface area contributed by atoms with E-state index in [4.69, 9.17) is 0 Å². The van der Waals surface area contributed by atoms with Crippen LogP contribution in [0.5, 0.6) is 0 Å². The highest BCUT2D eigenvalue weighted by molar-refractivity contribution is 5.33. The average Bonchev–Trinajstić information content (AvgIpc) is 2.71. The van der Waals surface area contributed by atoms with Gasteiger partial charge in [0.2, 0.25) is 0 Å². The van der Waals surface area contributed by atoms with E-state index in [9.17, 15) is 0 Å². The Morgan fingerprint density at radius 3 is 2.87 bits per heavy atom. The van der Waals surface area contributed by atoms with Gasteiger partial charge in [0, 0.05) is 18.6 Å². The molecule has 3 rings (SSSR count). The van der Waals surface area contributed by atoms with Gasteiger partial charge in [0.15, 0.2) is 0 Å². The first-order valence-electron chi connectivity index (χ1n) is 6.37. The molecule has 0 N–H and O–H groups in total. The number of fused-ring (bicyclic) bond motifs is 3. The fraction of sp³-hybridized carbons (Fsp3) is 0.857. The Morgan fingerprint density at radius 1 is 1.47 bits per heavy atom. The minimum Gasteiger partial charge on any atom is -0.293 e. The summed E-state index contributed by atoms with van der Waals surface area (Å²) in [5.74, 6) is 1.98. The van der Waals surface area contributed by atoms with Gasteiger partial charge in [-0.15, -0.1) is 0 Å². The van der Waals surface area contributed by atoms with Crippen LogP contribution in [-0.4, -0.2) is 23.5 Å². The Balaban J connectivity index is 1.94. The van der Waals surface area contributed by atoms with Gasteiger partial charge >= 0.3 is 0 Å². The minimum atomic E-state index is 0.420. The van der Waals surface area contributed by atoms with Crippen molar-refractivity contribution in [2.75, 3.05) is 13.1 Å². The molecule has 0 radical (unpaired) electrons. The van der Waals surface area contributed by atoms with Crippen LogP contribution in [0.15, 0.2) is 12.2 Å². The van der Waals surface area contributed by atoms with Crippen molar-refractivity contribution in [2.45, 2.75) is 45.6 Å². The second kappa shape index (κ2) is 2.68. The summed E-state index contributed by atoms with van der Waals surface area (Å²) in [6, 6.07) is 0.